The quantitative estimate of drug-likeness (QED) is 0.697. The summed E-state index contributed by atoms with van der Waals surface area (Å²) in [6, 6.07) is 8.14. The summed E-state index contributed by atoms with van der Waals surface area (Å²) in [5.41, 5.74) is 0.0989. The second kappa shape index (κ2) is 7.16. The molecule has 2 aromatic heterocycles. The summed E-state index contributed by atoms with van der Waals surface area (Å²) >= 11 is 0. The number of sulfonamides is 1. The van der Waals surface area contributed by atoms with E-state index in [1.165, 1.54) is 24.5 Å². The Kier molecular flexibility index (Phi) is 4.91. The third-order valence-corrected chi connectivity index (χ3v) is 4.97. The number of hydrogen-bond acceptors (Lipinski definition) is 5. The molecule has 10 heteroatoms. The van der Waals surface area contributed by atoms with Crippen molar-refractivity contribution in [3.05, 3.63) is 66.1 Å². The Morgan fingerprint density at radius 1 is 1.19 bits per heavy atom. The Hall–Kier alpha value is -3.27. The van der Waals surface area contributed by atoms with Crippen molar-refractivity contribution in [2.45, 2.75) is 11.9 Å². The van der Waals surface area contributed by atoms with Gasteiger partial charge in [0.1, 0.15) is 17.3 Å². The Bertz CT molecular complexity index is 1080. The third kappa shape index (κ3) is 4.11. The van der Waals surface area contributed by atoms with E-state index in [0.717, 1.165) is 12.1 Å². The molecular weight excluding hydrogens is 373 g/mol. The summed E-state index contributed by atoms with van der Waals surface area (Å²) in [6.45, 7) is 1.65. The summed E-state index contributed by atoms with van der Waals surface area (Å²) < 4.78 is 42.6. The lowest BCUT2D eigenvalue weighted by Crippen LogP contribution is -2.18. The molecule has 8 nitrogen and oxygen atoms in total. The van der Waals surface area contributed by atoms with Crippen LogP contribution in [-0.4, -0.2) is 28.9 Å². The molecule has 0 fully saturated rings. The smallest absolute Gasteiger partial charge is 0.281 e. The number of halogens is 1. The molecular formula is C17H16FN5O3S. The van der Waals surface area contributed by atoms with Crippen LogP contribution in [0.25, 0.3) is 0 Å². The number of amides is 1. The first-order valence-corrected chi connectivity index (χ1v) is 9.29. The van der Waals surface area contributed by atoms with E-state index in [2.05, 4.69) is 20.0 Å². The van der Waals surface area contributed by atoms with Crippen LogP contribution in [0.3, 0.4) is 0 Å². The van der Waals surface area contributed by atoms with E-state index in [9.17, 15) is 17.6 Å². The van der Waals surface area contributed by atoms with Crippen molar-refractivity contribution in [1.82, 2.24) is 14.5 Å². The van der Waals surface area contributed by atoms with Crippen molar-refractivity contribution >= 4 is 27.3 Å². The molecule has 3 rings (SSSR count). The van der Waals surface area contributed by atoms with E-state index in [0.29, 0.717) is 5.82 Å². The molecule has 1 aromatic carbocycles. The number of aromatic nitrogens is 3. The first kappa shape index (κ1) is 18.5. The number of hydrogen-bond donors (Lipinski definition) is 2. The first-order chi connectivity index (χ1) is 12.8. The van der Waals surface area contributed by atoms with Crippen LogP contribution in [0.4, 0.5) is 15.8 Å². The molecule has 0 spiro atoms. The van der Waals surface area contributed by atoms with Crippen molar-refractivity contribution in [2.24, 2.45) is 7.05 Å². The minimum atomic E-state index is -4.07. The van der Waals surface area contributed by atoms with Gasteiger partial charge in [-0.3, -0.25) is 14.5 Å². The highest BCUT2D eigenvalue weighted by atomic mass is 32.2. The SMILES string of the molecule is Cc1nc(S(=O)(=O)Nc2cc(F)ccc2NC(=O)c2ccccn2)cn1C. The topological polar surface area (TPSA) is 106 Å². The maximum atomic E-state index is 13.7. The number of carbonyl (C=O) groups is 1. The van der Waals surface area contributed by atoms with Gasteiger partial charge in [-0.2, -0.15) is 8.42 Å². The van der Waals surface area contributed by atoms with Crippen molar-refractivity contribution in [2.75, 3.05) is 10.0 Å². The zero-order chi connectivity index (χ0) is 19.6. The van der Waals surface area contributed by atoms with Crippen molar-refractivity contribution < 1.29 is 17.6 Å². The van der Waals surface area contributed by atoms with Crippen LogP contribution in [0, 0.1) is 12.7 Å². The molecule has 0 bridgehead atoms. The van der Waals surface area contributed by atoms with Gasteiger partial charge in [-0.25, -0.2) is 9.37 Å². The van der Waals surface area contributed by atoms with Crippen LogP contribution in [-0.2, 0) is 17.1 Å². The Morgan fingerprint density at radius 2 is 1.96 bits per heavy atom. The molecule has 140 valence electrons. The minimum Gasteiger partial charge on any atom is -0.337 e. The molecule has 0 aliphatic carbocycles. The predicted molar refractivity (Wildman–Crippen MR) is 97.3 cm³/mol. The van der Waals surface area contributed by atoms with E-state index in [-0.39, 0.29) is 22.1 Å². The maximum Gasteiger partial charge on any atom is 0.281 e. The monoisotopic (exact) mass is 389 g/mol. The van der Waals surface area contributed by atoms with Gasteiger partial charge < -0.3 is 9.88 Å². The molecule has 1 amide bonds. The zero-order valence-corrected chi connectivity index (χ0v) is 15.3. The number of pyridine rings is 1. The highest BCUT2D eigenvalue weighted by Gasteiger charge is 2.21. The molecule has 27 heavy (non-hydrogen) atoms. The predicted octanol–water partition coefficient (Wildman–Crippen LogP) is 2.32. The van der Waals surface area contributed by atoms with Gasteiger partial charge in [-0.15, -0.1) is 0 Å². The third-order valence-electron chi connectivity index (χ3n) is 3.73. The van der Waals surface area contributed by atoms with Gasteiger partial charge >= 0.3 is 0 Å². The fraction of sp³-hybridized carbons (Fsp3) is 0.118. The lowest BCUT2D eigenvalue weighted by atomic mass is 10.2. The fourth-order valence-corrected chi connectivity index (χ4v) is 3.36. The van der Waals surface area contributed by atoms with Gasteiger partial charge in [0, 0.05) is 25.5 Å². The second-order valence-corrected chi connectivity index (χ2v) is 7.33. The largest absolute Gasteiger partial charge is 0.337 e. The van der Waals surface area contributed by atoms with E-state index in [1.807, 2.05) is 0 Å². The van der Waals surface area contributed by atoms with Crippen LogP contribution >= 0.6 is 0 Å². The van der Waals surface area contributed by atoms with E-state index in [4.69, 9.17) is 0 Å². The van der Waals surface area contributed by atoms with Crippen LogP contribution in [0.15, 0.2) is 53.8 Å². The summed E-state index contributed by atoms with van der Waals surface area (Å²) in [6.07, 6.45) is 2.79. The van der Waals surface area contributed by atoms with E-state index >= 15 is 0 Å². The molecule has 2 N–H and O–H groups in total. The van der Waals surface area contributed by atoms with E-state index < -0.39 is 21.7 Å². The second-order valence-electron chi connectivity index (χ2n) is 5.70. The lowest BCUT2D eigenvalue weighted by Gasteiger charge is -2.12. The highest BCUT2D eigenvalue weighted by molar-refractivity contribution is 7.92. The first-order valence-electron chi connectivity index (χ1n) is 7.81. The molecule has 0 atom stereocenters. The molecule has 3 aromatic rings. The summed E-state index contributed by atoms with van der Waals surface area (Å²) in [4.78, 5) is 20.2. The van der Waals surface area contributed by atoms with Crippen LogP contribution in [0.2, 0.25) is 0 Å². The maximum absolute atomic E-state index is 13.7. The van der Waals surface area contributed by atoms with Gasteiger partial charge in [-0.05, 0) is 31.2 Å². The van der Waals surface area contributed by atoms with Gasteiger partial charge in [0.25, 0.3) is 15.9 Å². The highest BCUT2D eigenvalue weighted by Crippen LogP contribution is 2.26. The minimum absolute atomic E-state index is 0.0864. The summed E-state index contributed by atoms with van der Waals surface area (Å²) in [7, 11) is -2.42. The molecule has 0 aliphatic heterocycles. The number of aryl methyl sites for hydroxylation is 2. The normalized spacial score (nSPS) is 11.2. The molecule has 0 saturated heterocycles. The van der Waals surface area contributed by atoms with Gasteiger partial charge in [0.05, 0.1) is 11.4 Å². The average Bonchev–Trinajstić information content (AvgIpc) is 2.97. The van der Waals surface area contributed by atoms with Crippen molar-refractivity contribution in [1.29, 1.82) is 0 Å². The Labute approximate surface area is 155 Å². The summed E-state index contributed by atoms with van der Waals surface area (Å²) in [5.74, 6) is -0.727. The summed E-state index contributed by atoms with van der Waals surface area (Å²) in [5, 5.41) is 2.31. The number of carbonyl (C=O) groups excluding carboxylic acids is 1. The standard InChI is InChI=1S/C17H16FN5O3S/c1-11-20-16(10-23(11)2)27(25,26)22-15-9-12(18)6-7-13(15)21-17(24)14-5-3-4-8-19-14/h3-10,22H,1-2H3,(H,21,24). The van der Waals surface area contributed by atoms with Gasteiger partial charge in [-0.1, -0.05) is 6.07 Å². The number of imidazole rings is 1. The fourth-order valence-electron chi connectivity index (χ4n) is 2.25. The molecule has 0 radical (unpaired) electrons. The van der Waals surface area contributed by atoms with E-state index in [1.54, 1.807) is 30.7 Å². The number of nitrogens with one attached hydrogen (secondary N) is 2. The van der Waals surface area contributed by atoms with Crippen molar-refractivity contribution in [3.8, 4) is 0 Å². The Morgan fingerprint density at radius 3 is 2.59 bits per heavy atom. The Balaban J connectivity index is 1.91. The molecule has 0 saturated carbocycles. The molecule has 2 heterocycles. The lowest BCUT2D eigenvalue weighted by molar-refractivity contribution is 0.102. The number of rotatable bonds is 5. The van der Waals surface area contributed by atoms with Crippen LogP contribution in [0.5, 0.6) is 0 Å². The van der Waals surface area contributed by atoms with Crippen LogP contribution in [0.1, 0.15) is 16.3 Å². The van der Waals surface area contributed by atoms with Gasteiger partial charge in [0.2, 0.25) is 0 Å². The number of nitrogens with zero attached hydrogens (tertiary/aromatic N) is 3. The van der Waals surface area contributed by atoms with Gasteiger partial charge in [0.15, 0.2) is 5.03 Å². The van der Waals surface area contributed by atoms with Crippen LogP contribution < -0.4 is 10.0 Å². The molecule has 0 aliphatic rings. The number of anilines is 2. The zero-order valence-electron chi connectivity index (χ0n) is 14.5. The molecule has 0 unspecified atom stereocenters. The average molecular weight is 389 g/mol. The number of benzene rings is 1. The van der Waals surface area contributed by atoms with Crippen molar-refractivity contribution in [3.63, 3.8) is 0 Å².